The lowest BCUT2D eigenvalue weighted by Crippen LogP contribution is -2.66. The lowest BCUT2D eigenvalue weighted by Gasteiger charge is -2.44. The average Bonchev–Trinajstić information content (AvgIpc) is 2.30. The molecule has 1 heterocycles. The molecule has 5 nitrogen and oxygen atoms in total. The van der Waals surface area contributed by atoms with Gasteiger partial charge in [0.25, 0.3) is 5.91 Å². The number of rotatable bonds is 1. The van der Waals surface area contributed by atoms with Crippen molar-refractivity contribution in [1.29, 1.82) is 0 Å². The largest absolute Gasteiger partial charge is 0.335 e. The fourth-order valence-corrected chi connectivity index (χ4v) is 3.12. The predicted octanol–water partition coefficient (Wildman–Crippen LogP) is 2.75. The predicted molar refractivity (Wildman–Crippen MR) is 73.8 cm³/mol. The van der Waals surface area contributed by atoms with Crippen molar-refractivity contribution in [2.75, 3.05) is 4.90 Å². The lowest BCUT2D eigenvalue weighted by atomic mass is 9.66. The number of amides is 4. The van der Waals surface area contributed by atoms with Crippen LogP contribution in [0.1, 0.15) is 19.3 Å². The minimum atomic E-state index is -1.14. The van der Waals surface area contributed by atoms with Crippen LogP contribution in [0.2, 0.25) is 10.0 Å². The second kappa shape index (κ2) is 4.46. The van der Waals surface area contributed by atoms with Gasteiger partial charge >= 0.3 is 6.03 Å². The summed E-state index contributed by atoms with van der Waals surface area (Å²) >= 11 is 12.1. The summed E-state index contributed by atoms with van der Waals surface area (Å²) in [5, 5.41) is 2.59. The van der Waals surface area contributed by atoms with Gasteiger partial charge in [0, 0.05) is 0 Å². The molecule has 2 aliphatic rings. The highest BCUT2D eigenvalue weighted by molar-refractivity contribution is 6.43. The van der Waals surface area contributed by atoms with E-state index in [0.29, 0.717) is 12.8 Å². The van der Waals surface area contributed by atoms with Crippen molar-refractivity contribution < 1.29 is 14.4 Å². The van der Waals surface area contributed by atoms with Crippen molar-refractivity contribution >= 4 is 46.7 Å². The third kappa shape index (κ3) is 1.66. The molecule has 1 aromatic rings. The first-order chi connectivity index (χ1) is 9.47. The molecule has 0 atom stereocenters. The van der Waals surface area contributed by atoms with E-state index in [0.717, 1.165) is 11.3 Å². The Labute approximate surface area is 124 Å². The molecule has 0 aromatic heterocycles. The van der Waals surface area contributed by atoms with Crippen LogP contribution < -0.4 is 10.2 Å². The minimum Gasteiger partial charge on any atom is -0.276 e. The Hall–Kier alpha value is -1.59. The highest BCUT2D eigenvalue weighted by Crippen LogP contribution is 2.47. The summed E-state index contributed by atoms with van der Waals surface area (Å²) in [6, 6.07) is 3.87. The van der Waals surface area contributed by atoms with Crippen LogP contribution in [0, 0.1) is 5.41 Å². The molecular formula is C13H10Cl2N2O3. The number of benzene rings is 1. The number of imide groups is 2. The second-order valence-corrected chi connectivity index (χ2v) is 5.72. The van der Waals surface area contributed by atoms with Gasteiger partial charge in [0.15, 0.2) is 0 Å². The van der Waals surface area contributed by atoms with Gasteiger partial charge in [-0.05, 0) is 25.0 Å². The molecule has 1 N–H and O–H groups in total. The molecule has 1 aromatic carbocycles. The lowest BCUT2D eigenvalue weighted by molar-refractivity contribution is -0.148. The van der Waals surface area contributed by atoms with Gasteiger partial charge in [-0.3, -0.25) is 14.9 Å². The van der Waals surface area contributed by atoms with Crippen LogP contribution in [0.3, 0.4) is 0 Å². The normalized spacial score (nSPS) is 20.9. The number of hydrogen-bond donors (Lipinski definition) is 1. The Morgan fingerprint density at radius 2 is 1.70 bits per heavy atom. The van der Waals surface area contributed by atoms with E-state index in [1.807, 2.05) is 0 Å². The first kappa shape index (κ1) is 13.4. The van der Waals surface area contributed by atoms with E-state index in [4.69, 9.17) is 23.2 Å². The molecule has 3 rings (SSSR count). The SMILES string of the molecule is O=C1NC(=O)C2(CCC2)C(=O)N1c1c(Cl)cccc1Cl. The van der Waals surface area contributed by atoms with Gasteiger partial charge in [-0.1, -0.05) is 35.7 Å². The van der Waals surface area contributed by atoms with Gasteiger partial charge < -0.3 is 0 Å². The summed E-state index contributed by atoms with van der Waals surface area (Å²) in [5.41, 5.74) is -1.02. The van der Waals surface area contributed by atoms with E-state index in [2.05, 4.69) is 5.32 Å². The third-order valence-corrected chi connectivity index (χ3v) is 4.45. The number of nitrogens with one attached hydrogen (secondary N) is 1. The molecule has 1 saturated heterocycles. The minimum absolute atomic E-state index is 0.122. The van der Waals surface area contributed by atoms with Gasteiger partial charge in [0.2, 0.25) is 5.91 Å². The fraction of sp³-hybridized carbons (Fsp3) is 0.308. The van der Waals surface area contributed by atoms with Crippen molar-refractivity contribution in [3.63, 3.8) is 0 Å². The van der Waals surface area contributed by atoms with Crippen LogP contribution in [-0.4, -0.2) is 17.8 Å². The summed E-state index contributed by atoms with van der Waals surface area (Å²) in [7, 11) is 0. The van der Waals surface area contributed by atoms with Crippen LogP contribution in [0.15, 0.2) is 18.2 Å². The summed E-state index contributed by atoms with van der Waals surface area (Å²) in [6.07, 6.45) is 1.64. The Balaban J connectivity index is 2.11. The summed E-state index contributed by atoms with van der Waals surface area (Å²) < 4.78 is 0. The van der Waals surface area contributed by atoms with E-state index in [9.17, 15) is 14.4 Å². The Morgan fingerprint density at radius 1 is 1.10 bits per heavy atom. The number of carbonyl (C=O) groups excluding carboxylic acids is 3. The zero-order chi connectivity index (χ0) is 14.5. The number of barbiturate groups is 1. The molecule has 1 spiro atoms. The molecule has 20 heavy (non-hydrogen) atoms. The number of nitrogens with zero attached hydrogens (tertiary/aromatic N) is 1. The van der Waals surface area contributed by atoms with Gasteiger partial charge in [0.05, 0.1) is 15.7 Å². The van der Waals surface area contributed by atoms with Crippen LogP contribution >= 0.6 is 23.2 Å². The maximum Gasteiger partial charge on any atom is 0.335 e. The Bertz CT molecular complexity index is 620. The van der Waals surface area contributed by atoms with Crippen molar-refractivity contribution in [1.82, 2.24) is 5.32 Å². The van der Waals surface area contributed by atoms with Crippen LogP contribution in [-0.2, 0) is 9.59 Å². The second-order valence-electron chi connectivity index (χ2n) is 4.91. The summed E-state index contributed by atoms with van der Waals surface area (Å²) in [5.74, 6) is -1.08. The first-order valence-electron chi connectivity index (χ1n) is 6.11. The van der Waals surface area contributed by atoms with Gasteiger partial charge in [-0.2, -0.15) is 0 Å². The molecule has 1 saturated carbocycles. The van der Waals surface area contributed by atoms with Crippen LogP contribution in [0.5, 0.6) is 0 Å². The monoisotopic (exact) mass is 312 g/mol. The van der Waals surface area contributed by atoms with E-state index in [1.165, 1.54) is 12.1 Å². The maximum atomic E-state index is 12.6. The van der Waals surface area contributed by atoms with Crippen molar-refractivity contribution in [3.8, 4) is 0 Å². The molecule has 1 aliphatic carbocycles. The van der Waals surface area contributed by atoms with E-state index < -0.39 is 23.3 Å². The molecule has 2 fully saturated rings. The number of carbonyl (C=O) groups is 3. The van der Waals surface area contributed by atoms with Crippen molar-refractivity contribution in [2.45, 2.75) is 19.3 Å². The summed E-state index contributed by atoms with van der Waals surface area (Å²) in [6.45, 7) is 0. The highest BCUT2D eigenvalue weighted by Gasteiger charge is 2.58. The van der Waals surface area contributed by atoms with Gasteiger partial charge in [-0.15, -0.1) is 0 Å². The Kier molecular flexibility index (Phi) is 2.99. The quantitative estimate of drug-likeness (QED) is 0.811. The number of para-hydroxylation sites is 1. The molecule has 104 valence electrons. The number of halogens is 2. The number of hydrogen-bond acceptors (Lipinski definition) is 3. The molecule has 1 aliphatic heterocycles. The van der Waals surface area contributed by atoms with E-state index in [1.54, 1.807) is 6.07 Å². The topological polar surface area (TPSA) is 66.5 Å². The van der Waals surface area contributed by atoms with E-state index in [-0.39, 0.29) is 15.7 Å². The van der Waals surface area contributed by atoms with Gasteiger partial charge in [-0.25, -0.2) is 9.69 Å². The average molecular weight is 313 g/mol. The molecule has 7 heteroatoms. The third-order valence-electron chi connectivity index (χ3n) is 3.84. The van der Waals surface area contributed by atoms with Gasteiger partial charge in [0.1, 0.15) is 5.41 Å². The van der Waals surface area contributed by atoms with Crippen molar-refractivity contribution in [2.24, 2.45) is 5.41 Å². The van der Waals surface area contributed by atoms with Crippen molar-refractivity contribution in [3.05, 3.63) is 28.2 Å². The molecule has 4 amide bonds. The fourth-order valence-electron chi connectivity index (χ4n) is 2.55. The maximum absolute atomic E-state index is 12.6. The smallest absolute Gasteiger partial charge is 0.276 e. The standard InChI is InChI=1S/C13H10Cl2N2O3/c14-7-3-1-4-8(15)9(7)17-11(19)13(5-2-6-13)10(18)16-12(17)20/h1,3-4H,2,5-6H2,(H,16,18,20). The molecule has 0 unspecified atom stereocenters. The highest BCUT2D eigenvalue weighted by atomic mass is 35.5. The molecular weight excluding hydrogens is 303 g/mol. The molecule has 0 bridgehead atoms. The molecule has 0 radical (unpaired) electrons. The zero-order valence-corrected chi connectivity index (χ0v) is 11.8. The summed E-state index contributed by atoms with van der Waals surface area (Å²) in [4.78, 5) is 37.4. The number of urea groups is 1. The van der Waals surface area contributed by atoms with Crippen LogP contribution in [0.25, 0.3) is 0 Å². The zero-order valence-electron chi connectivity index (χ0n) is 10.3. The number of anilines is 1. The van der Waals surface area contributed by atoms with E-state index >= 15 is 0 Å². The first-order valence-corrected chi connectivity index (χ1v) is 6.87. The van der Waals surface area contributed by atoms with Crippen LogP contribution in [0.4, 0.5) is 10.5 Å². The Morgan fingerprint density at radius 3 is 2.20 bits per heavy atom.